The van der Waals surface area contributed by atoms with Gasteiger partial charge in [-0.2, -0.15) is 13.2 Å². The highest BCUT2D eigenvalue weighted by Crippen LogP contribution is 2.54. The molecule has 0 saturated carbocycles. The molecule has 0 spiro atoms. The van der Waals surface area contributed by atoms with Crippen molar-refractivity contribution in [1.82, 2.24) is 5.32 Å². The highest BCUT2D eigenvalue weighted by atomic mass is 19.4. The quantitative estimate of drug-likeness (QED) is 0.489. The van der Waals surface area contributed by atoms with E-state index in [2.05, 4.69) is 0 Å². The van der Waals surface area contributed by atoms with Crippen molar-refractivity contribution in [3.8, 4) is 5.75 Å². The van der Waals surface area contributed by atoms with Gasteiger partial charge in [-0.3, -0.25) is 4.79 Å². The maximum absolute atomic E-state index is 14.6. The minimum absolute atomic E-state index is 0.00311. The van der Waals surface area contributed by atoms with Crippen molar-refractivity contribution >= 4 is 16.7 Å². The maximum atomic E-state index is 14.6. The van der Waals surface area contributed by atoms with Crippen LogP contribution in [-0.2, 0) is 11.0 Å². The number of amides is 1. The lowest BCUT2D eigenvalue weighted by atomic mass is 9.63. The first-order chi connectivity index (χ1) is 14.9. The standard InChI is InChI=1S/C24H21F4NO3/c1-22(2)12-18(30)23(24(26,27)28,16-10-11-17(25)20(31)19(16)22)29-21(32)15-9-5-7-13-6-3-4-8-14(13)15/h3-11,18,30-31H,12H2,1-2H3,(H,29,32). The van der Waals surface area contributed by atoms with E-state index in [1.54, 1.807) is 36.4 Å². The molecular weight excluding hydrogens is 426 g/mol. The molecule has 1 amide bonds. The molecule has 3 aromatic carbocycles. The van der Waals surface area contributed by atoms with Gasteiger partial charge in [-0.1, -0.05) is 56.3 Å². The molecule has 0 aliphatic heterocycles. The molecule has 2 unspecified atom stereocenters. The van der Waals surface area contributed by atoms with E-state index in [-0.39, 0.29) is 11.1 Å². The predicted molar refractivity (Wildman–Crippen MR) is 111 cm³/mol. The monoisotopic (exact) mass is 447 g/mol. The Labute approximate surface area is 181 Å². The molecule has 0 radical (unpaired) electrons. The molecule has 0 aromatic heterocycles. The molecule has 3 aromatic rings. The van der Waals surface area contributed by atoms with E-state index in [1.165, 1.54) is 19.9 Å². The zero-order valence-corrected chi connectivity index (χ0v) is 17.3. The highest BCUT2D eigenvalue weighted by Gasteiger charge is 2.66. The van der Waals surface area contributed by atoms with Crippen LogP contribution in [0.4, 0.5) is 17.6 Å². The van der Waals surface area contributed by atoms with E-state index in [1.807, 2.05) is 5.32 Å². The number of aliphatic hydroxyl groups is 1. The molecule has 0 saturated heterocycles. The number of nitrogens with one attached hydrogen (secondary N) is 1. The lowest BCUT2D eigenvalue weighted by Gasteiger charge is -2.49. The first-order valence-electron chi connectivity index (χ1n) is 9.97. The van der Waals surface area contributed by atoms with Crippen molar-refractivity contribution < 1.29 is 32.6 Å². The molecule has 8 heteroatoms. The van der Waals surface area contributed by atoms with Crippen molar-refractivity contribution in [2.24, 2.45) is 0 Å². The molecular formula is C24H21F4NO3. The smallest absolute Gasteiger partial charge is 0.418 e. The number of rotatable bonds is 2. The summed E-state index contributed by atoms with van der Waals surface area (Å²) in [6.07, 6.45) is -7.69. The number of alkyl halides is 3. The zero-order valence-electron chi connectivity index (χ0n) is 17.3. The number of benzene rings is 3. The van der Waals surface area contributed by atoms with E-state index >= 15 is 0 Å². The molecule has 168 valence electrons. The van der Waals surface area contributed by atoms with Gasteiger partial charge in [-0.05, 0) is 40.3 Å². The van der Waals surface area contributed by atoms with Gasteiger partial charge in [-0.25, -0.2) is 4.39 Å². The summed E-state index contributed by atoms with van der Waals surface area (Å²) < 4.78 is 58.1. The van der Waals surface area contributed by atoms with Gasteiger partial charge in [0.25, 0.3) is 5.91 Å². The Morgan fingerprint density at radius 2 is 1.72 bits per heavy atom. The molecule has 3 N–H and O–H groups in total. The highest BCUT2D eigenvalue weighted by molar-refractivity contribution is 6.07. The summed E-state index contributed by atoms with van der Waals surface area (Å²) in [4.78, 5) is 13.2. The minimum Gasteiger partial charge on any atom is -0.505 e. The number of carbonyl (C=O) groups is 1. The van der Waals surface area contributed by atoms with Gasteiger partial charge in [0.1, 0.15) is 0 Å². The number of phenolic OH excluding ortho intramolecular Hbond substituents is 1. The summed E-state index contributed by atoms with van der Waals surface area (Å²) in [7, 11) is 0. The Morgan fingerprint density at radius 1 is 1.06 bits per heavy atom. The second-order valence-corrected chi connectivity index (χ2v) is 8.71. The molecule has 4 rings (SSSR count). The Hall–Kier alpha value is -3.13. The number of hydrogen-bond donors (Lipinski definition) is 3. The second-order valence-electron chi connectivity index (χ2n) is 8.71. The van der Waals surface area contributed by atoms with Crippen LogP contribution < -0.4 is 5.32 Å². The average Bonchev–Trinajstić information content (AvgIpc) is 2.71. The van der Waals surface area contributed by atoms with Crippen LogP contribution in [0.1, 0.15) is 41.8 Å². The summed E-state index contributed by atoms with van der Waals surface area (Å²) in [6, 6.07) is 13.0. The first kappa shape index (κ1) is 22.1. The second kappa shape index (κ2) is 7.20. The summed E-state index contributed by atoms with van der Waals surface area (Å²) >= 11 is 0. The lowest BCUT2D eigenvalue weighted by Crippen LogP contribution is -2.66. The number of fused-ring (bicyclic) bond motifs is 2. The van der Waals surface area contributed by atoms with E-state index in [9.17, 15) is 32.6 Å². The van der Waals surface area contributed by atoms with Gasteiger partial charge in [0.05, 0.1) is 6.10 Å². The zero-order chi connectivity index (χ0) is 23.5. The first-order valence-corrected chi connectivity index (χ1v) is 9.97. The topological polar surface area (TPSA) is 69.6 Å². The number of carbonyl (C=O) groups excluding carboxylic acids is 1. The summed E-state index contributed by atoms with van der Waals surface area (Å²) in [6.45, 7) is 3.00. The molecule has 4 nitrogen and oxygen atoms in total. The Kier molecular flexibility index (Phi) is 4.97. The minimum atomic E-state index is -5.15. The summed E-state index contributed by atoms with van der Waals surface area (Å²) in [5.41, 5.74) is -5.30. The third-order valence-corrected chi connectivity index (χ3v) is 6.23. The average molecular weight is 447 g/mol. The largest absolute Gasteiger partial charge is 0.505 e. The summed E-state index contributed by atoms with van der Waals surface area (Å²) in [5, 5.41) is 24.2. The predicted octanol–water partition coefficient (Wildman–Crippen LogP) is 4.91. The van der Waals surface area contributed by atoms with Crippen LogP contribution in [0, 0.1) is 5.82 Å². The lowest BCUT2D eigenvalue weighted by molar-refractivity contribution is -0.231. The van der Waals surface area contributed by atoms with E-state index in [4.69, 9.17) is 0 Å². The Balaban J connectivity index is 1.95. The number of hydrogen-bond acceptors (Lipinski definition) is 3. The van der Waals surface area contributed by atoms with Crippen molar-refractivity contribution in [3.63, 3.8) is 0 Å². The van der Waals surface area contributed by atoms with Crippen LogP contribution >= 0.6 is 0 Å². The van der Waals surface area contributed by atoms with Gasteiger partial charge < -0.3 is 15.5 Å². The third kappa shape index (κ3) is 3.12. The molecule has 0 heterocycles. The molecule has 0 bridgehead atoms. The van der Waals surface area contributed by atoms with Crippen molar-refractivity contribution in [2.75, 3.05) is 0 Å². The normalized spacial score (nSPS) is 22.4. The fourth-order valence-electron chi connectivity index (χ4n) is 4.73. The van der Waals surface area contributed by atoms with Crippen LogP contribution in [0.15, 0.2) is 54.6 Å². The van der Waals surface area contributed by atoms with Crippen LogP contribution in [0.5, 0.6) is 5.75 Å². The van der Waals surface area contributed by atoms with Crippen molar-refractivity contribution in [3.05, 3.63) is 77.1 Å². The third-order valence-electron chi connectivity index (χ3n) is 6.23. The number of aliphatic hydroxyl groups excluding tert-OH is 1. The molecule has 32 heavy (non-hydrogen) atoms. The van der Waals surface area contributed by atoms with E-state index in [0.29, 0.717) is 16.8 Å². The summed E-state index contributed by atoms with van der Waals surface area (Å²) in [5.74, 6) is -3.05. The van der Waals surface area contributed by atoms with Crippen molar-refractivity contribution in [2.45, 2.75) is 43.5 Å². The fraction of sp³-hybridized carbons (Fsp3) is 0.292. The molecule has 2 atom stereocenters. The maximum Gasteiger partial charge on any atom is 0.418 e. The SMILES string of the molecule is CC1(C)CC(O)C(NC(=O)c2cccc3ccccc23)(C(F)(F)F)c2ccc(F)c(O)c21. The van der Waals surface area contributed by atoms with Gasteiger partial charge in [0.2, 0.25) is 0 Å². The van der Waals surface area contributed by atoms with Crippen LogP contribution in [0.3, 0.4) is 0 Å². The Morgan fingerprint density at radius 3 is 2.41 bits per heavy atom. The molecule has 1 aliphatic rings. The molecule has 1 aliphatic carbocycles. The van der Waals surface area contributed by atoms with Crippen LogP contribution in [-0.4, -0.2) is 28.4 Å². The van der Waals surface area contributed by atoms with Crippen LogP contribution in [0.2, 0.25) is 0 Å². The van der Waals surface area contributed by atoms with E-state index in [0.717, 1.165) is 6.07 Å². The van der Waals surface area contributed by atoms with Gasteiger partial charge in [0.15, 0.2) is 17.1 Å². The van der Waals surface area contributed by atoms with Gasteiger partial charge in [-0.15, -0.1) is 0 Å². The van der Waals surface area contributed by atoms with E-state index < -0.39 is 52.7 Å². The van der Waals surface area contributed by atoms with Crippen molar-refractivity contribution in [1.29, 1.82) is 0 Å². The number of phenols is 1. The number of halogens is 4. The van der Waals surface area contributed by atoms with Gasteiger partial charge >= 0.3 is 6.18 Å². The Bertz CT molecular complexity index is 1220. The molecule has 0 fully saturated rings. The fourth-order valence-corrected chi connectivity index (χ4v) is 4.73. The van der Waals surface area contributed by atoms with Gasteiger partial charge in [0, 0.05) is 11.1 Å². The number of aromatic hydroxyl groups is 1. The van der Waals surface area contributed by atoms with Crippen LogP contribution in [0.25, 0.3) is 10.8 Å².